The Balaban J connectivity index is 1.68. The molecule has 2 aromatic carbocycles. The van der Waals surface area contributed by atoms with E-state index < -0.39 is 0 Å². The van der Waals surface area contributed by atoms with Gasteiger partial charge in [0.1, 0.15) is 0 Å². The molecule has 0 saturated carbocycles. The van der Waals surface area contributed by atoms with Crippen LogP contribution in [0.1, 0.15) is 25.3 Å². The Bertz CT molecular complexity index is 874. The fourth-order valence-corrected chi connectivity index (χ4v) is 3.06. The number of hydrogen-bond donors (Lipinski definition) is 1. The maximum absolute atomic E-state index is 6.01. The first kappa shape index (κ1) is 18.3. The standard InChI is InChI=1S/C20H23ClN4O/c1-4-25(5-2)17-9-10-18(14(3)11-17)22-13-19-23-24-20(26-19)15-7-6-8-16(21)12-15/h6-12,22H,4-5,13H2,1-3H3. The molecule has 0 aliphatic carbocycles. The van der Waals surface area contributed by atoms with Crippen molar-refractivity contribution in [3.63, 3.8) is 0 Å². The van der Waals surface area contributed by atoms with Gasteiger partial charge in [-0.25, -0.2) is 0 Å². The minimum absolute atomic E-state index is 0.470. The summed E-state index contributed by atoms with van der Waals surface area (Å²) in [7, 11) is 0. The molecule has 1 heterocycles. The molecule has 0 atom stereocenters. The van der Waals surface area contributed by atoms with Crippen molar-refractivity contribution < 1.29 is 4.42 Å². The lowest BCUT2D eigenvalue weighted by atomic mass is 10.1. The fourth-order valence-electron chi connectivity index (χ4n) is 2.87. The predicted molar refractivity (Wildman–Crippen MR) is 107 cm³/mol. The first-order chi connectivity index (χ1) is 12.6. The molecule has 0 amide bonds. The Kier molecular flexibility index (Phi) is 5.78. The van der Waals surface area contributed by atoms with E-state index in [9.17, 15) is 0 Å². The number of rotatable bonds is 7. The first-order valence-corrected chi connectivity index (χ1v) is 9.16. The number of aryl methyl sites for hydroxylation is 1. The molecule has 1 aromatic heterocycles. The SMILES string of the molecule is CCN(CC)c1ccc(NCc2nnc(-c3cccc(Cl)c3)o2)c(C)c1. The third-order valence-corrected chi connectivity index (χ3v) is 4.54. The molecular weight excluding hydrogens is 348 g/mol. The van der Waals surface area contributed by atoms with Gasteiger partial charge in [-0.15, -0.1) is 10.2 Å². The molecule has 1 N–H and O–H groups in total. The van der Waals surface area contributed by atoms with Crippen molar-refractivity contribution in [2.24, 2.45) is 0 Å². The van der Waals surface area contributed by atoms with Gasteiger partial charge >= 0.3 is 0 Å². The maximum atomic E-state index is 6.01. The van der Waals surface area contributed by atoms with Crippen LogP contribution in [0.4, 0.5) is 11.4 Å². The molecule has 26 heavy (non-hydrogen) atoms. The van der Waals surface area contributed by atoms with Crippen LogP contribution in [-0.2, 0) is 6.54 Å². The van der Waals surface area contributed by atoms with Crippen molar-refractivity contribution in [3.8, 4) is 11.5 Å². The van der Waals surface area contributed by atoms with Gasteiger partial charge in [-0.3, -0.25) is 0 Å². The van der Waals surface area contributed by atoms with E-state index in [4.69, 9.17) is 16.0 Å². The van der Waals surface area contributed by atoms with Crippen LogP contribution < -0.4 is 10.2 Å². The van der Waals surface area contributed by atoms with Gasteiger partial charge in [0, 0.05) is 35.1 Å². The molecule has 0 saturated heterocycles. The average Bonchev–Trinajstić information content (AvgIpc) is 3.11. The second kappa shape index (κ2) is 8.23. The van der Waals surface area contributed by atoms with Gasteiger partial charge in [-0.2, -0.15) is 0 Å². The minimum atomic E-state index is 0.470. The van der Waals surface area contributed by atoms with Crippen molar-refractivity contribution in [2.45, 2.75) is 27.3 Å². The van der Waals surface area contributed by atoms with Gasteiger partial charge < -0.3 is 14.6 Å². The minimum Gasteiger partial charge on any atom is -0.419 e. The summed E-state index contributed by atoms with van der Waals surface area (Å²) in [6, 6.07) is 13.8. The Hall–Kier alpha value is -2.53. The van der Waals surface area contributed by atoms with E-state index in [2.05, 4.69) is 59.4 Å². The summed E-state index contributed by atoms with van der Waals surface area (Å²) in [5, 5.41) is 12.2. The zero-order chi connectivity index (χ0) is 18.5. The van der Waals surface area contributed by atoms with Crippen LogP contribution in [0.2, 0.25) is 5.02 Å². The molecule has 0 bridgehead atoms. The second-order valence-corrected chi connectivity index (χ2v) is 6.47. The highest BCUT2D eigenvalue weighted by Crippen LogP contribution is 2.24. The van der Waals surface area contributed by atoms with Crippen molar-refractivity contribution in [3.05, 3.63) is 58.9 Å². The van der Waals surface area contributed by atoms with Crippen molar-refractivity contribution in [1.82, 2.24) is 10.2 Å². The topological polar surface area (TPSA) is 54.2 Å². The molecule has 0 aliphatic heterocycles. The van der Waals surface area contributed by atoms with E-state index in [0.29, 0.717) is 23.3 Å². The van der Waals surface area contributed by atoms with Crippen LogP contribution in [-0.4, -0.2) is 23.3 Å². The molecule has 0 aliphatic rings. The van der Waals surface area contributed by atoms with Crippen LogP contribution in [0.25, 0.3) is 11.5 Å². The molecule has 3 aromatic rings. The monoisotopic (exact) mass is 370 g/mol. The van der Waals surface area contributed by atoms with Crippen LogP contribution >= 0.6 is 11.6 Å². The average molecular weight is 371 g/mol. The molecule has 5 nitrogen and oxygen atoms in total. The second-order valence-electron chi connectivity index (χ2n) is 6.04. The number of anilines is 2. The van der Waals surface area contributed by atoms with E-state index >= 15 is 0 Å². The van der Waals surface area contributed by atoms with Crippen LogP contribution in [0.5, 0.6) is 0 Å². The quantitative estimate of drug-likeness (QED) is 0.622. The van der Waals surface area contributed by atoms with Gasteiger partial charge in [0.15, 0.2) is 0 Å². The number of halogens is 1. The lowest BCUT2D eigenvalue weighted by Gasteiger charge is -2.22. The van der Waals surface area contributed by atoms with Gasteiger partial charge in [0.2, 0.25) is 11.8 Å². The summed E-state index contributed by atoms with van der Waals surface area (Å²) in [6.45, 7) is 8.89. The Labute approximate surface area is 159 Å². The number of hydrogen-bond acceptors (Lipinski definition) is 5. The summed E-state index contributed by atoms with van der Waals surface area (Å²) in [5.74, 6) is 1.00. The zero-order valence-electron chi connectivity index (χ0n) is 15.3. The number of nitrogens with one attached hydrogen (secondary N) is 1. The van der Waals surface area contributed by atoms with Gasteiger partial charge in [0.25, 0.3) is 0 Å². The van der Waals surface area contributed by atoms with E-state index in [0.717, 1.165) is 24.3 Å². The number of benzene rings is 2. The van der Waals surface area contributed by atoms with E-state index in [1.165, 1.54) is 11.3 Å². The van der Waals surface area contributed by atoms with E-state index in [1.54, 1.807) is 0 Å². The molecule has 3 rings (SSSR count). The van der Waals surface area contributed by atoms with Crippen LogP contribution in [0.3, 0.4) is 0 Å². The maximum Gasteiger partial charge on any atom is 0.247 e. The third-order valence-electron chi connectivity index (χ3n) is 4.31. The van der Waals surface area contributed by atoms with Gasteiger partial charge in [-0.1, -0.05) is 17.7 Å². The smallest absolute Gasteiger partial charge is 0.247 e. The predicted octanol–water partition coefficient (Wildman–Crippen LogP) is 5.16. The van der Waals surface area contributed by atoms with Gasteiger partial charge in [0.05, 0.1) is 6.54 Å². The molecule has 6 heteroatoms. The molecule has 0 spiro atoms. The molecule has 0 fully saturated rings. The van der Waals surface area contributed by atoms with E-state index in [1.807, 2.05) is 24.3 Å². The first-order valence-electron chi connectivity index (χ1n) is 8.78. The molecular formula is C20H23ClN4O. The lowest BCUT2D eigenvalue weighted by Crippen LogP contribution is -2.21. The largest absolute Gasteiger partial charge is 0.419 e. The third kappa shape index (κ3) is 4.17. The molecule has 136 valence electrons. The van der Waals surface area contributed by atoms with Crippen LogP contribution in [0.15, 0.2) is 46.9 Å². The molecule has 0 unspecified atom stereocenters. The zero-order valence-corrected chi connectivity index (χ0v) is 16.0. The highest BCUT2D eigenvalue weighted by atomic mass is 35.5. The normalized spacial score (nSPS) is 10.8. The summed E-state index contributed by atoms with van der Waals surface area (Å²) < 4.78 is 5.73. The lowest BCUT2D eigenvalue weighted by molar-refractivity contribution is 0.515. The highest BCUT2D eigenvalue weighted by molar-refractivity contribution is 6.30. The van der Waals surface area contributed by atoms with Crippen molar-refractivity contribution >= 4 is 23.0 Å². The van der Waals surface area contributed by atoms with Crippen molar-refractivity contribution in [1.29, 1.82) is 0 Å². The highest BCUT2D eigenvalue weighted by Gasteiger charge is 2.10. The number of nitrogens with zero attached hydrogens (tertiary/aromatic N) is 3. The van der Waals surface area contributed by atoms with E-state index in [-0.39, 0.29) is 0 Å². The summed E-state index contributed by atoms with van der Waals surface area (Å²) in [4.78, 5) is 2.33. The Morgan fingerprint density at radius 3 is 2.58 bits per heavy atom. The molecule has 0 radical (unpaired) electrons. The fraction of sp³-hybridized carbons (Fsp3) is 0.300. The summed E-state index contributed by atoms with van der Waals surface area (Å²) in [5.41, 5.74) is 4.29. The van der Waals surface area contributed by atoms with Gasteiger partial charge in [-0.05, 0) is 62.7 Å². The number of aromatic nitrogens is 2. The summed E-state index contributed by atoms with van der Waals surface area (Å²) >= 11 is 6.01. The van der Waals surface area contributed by atoms with Crippen molar-refractivity contribution in [2.75, 3.05) is 23.3 Å². The van der Waals surface area contributed by atoms with Crippen LogP contribution in [0, 0.1) is 6.92 Å². The summed E-state index contributed by atoms with van der Waals surface area (Å²) in [6.07, 6.45) is 0. The Morgan fingerprint density at radius 2 is 1.88 bits per heavy atom. The Morgan fingerprint density at radius 1 is 1.08 bits per heavy atom.